The van der Waals surface area contributed by atoms with Gasteiger partial charge >= 0.3 is 6.18 Å². The van der Waals surface area contributed by atoms with Gasteiger partial charge in [0.05, 0.1) is 20.9 Å². The first-order valence-corrected chi connectivity index (χ1v) is 7.87. The van der Waals surface area contributed by atoms with Gasteiger partial charge in [-0.3, -0.25) is 4.79 Å². The van der Waals surface area contributed by atoms with E-state index in [0.29, 0.717) is 25.0 Å². The van der Waals surface area contributed by atoms with Gasteiger partial charge in [-0.05, 0) is 37.1 Å². The first-order valence-electron chi connectivity index (χ1n) is 6.38. The Morgan fingerprint density at radius 3 is 2.59 bits per heavy atom. The van der Waals surface area contributed by atoms with Crippen LogP contribution < -0.4 is 5.32 Å². The number of carbonyl (C=O) groups excluding carboxylic acids is 1. The van der Waals surface area contributed by atoms with Crippen molar-refractivity contribution in [3.8, 4) is 0 Å². The number of alkyl halides is 3. The number of amides is 1. The van der Waals surface area contributed by atoms with Crippen molar-refractivity contribution in [1.29, 1.82) is 0 Å². The van der Waals surface area contributed by atoms with Crippen molar-refractivity contribution in [2.24, 2.45) is 0 Å². The summed E-state index contributed by atoms with van der Waals surface area (Å²) in [4.78, 5) is 11.3. The molecule has 3 rings (SSSR count). The molecule has 1 aromatic carbocycles. The molecule has 8 heteroatoms. The van der Waals surface area contributed by atoms with Gasteiger partial charge in [-0.25, -0.2) is 8.42 Å². The van der Waals surface area contributed by atoms with Gasteiger partial charge in [0.1, 0.15) is 0 Å². The van der Waals surface area contributed by atoms with E-state index in [1.54, 1.807) is 6.08 Å². The number of allylic oxidation sites excluding steroid dienone is 3. The number of sulfone groups is 1. The zero-order chi connectivity index (χ0) is 16.1. The zero-order valence-electron chi connectivity index (χ0n) is 11.1. The number of halogens is 3. The second-order valence-electron chi connectivity index (χ2n) is 4.95. The smallest absolute Gasteiger partial charge is 0.324 e. The molecule has 1 N–H and O–H groups in total. The molecule has 0 bridgehead atoms. The third-order valence-electron chi connectivity index (χ3n) is 3.52. The molecule has 2 aliphatic rings. The maximum Gasteiger partial charge on any atom is 0.416 e. The Hall–Kier alpha value is -2.09. The highest BCUT2D eigenvalue weighted by Crippen LogP contribution is 2.36. The predicted octanol–water partition coefficient (Wildman–Crippen LogP) is 2.78. The van der Waals surface area contributed by atoms with Crippen molar-refractivity contribution >= 4 is 15.7 Å². The molecule has 1 aromatic rings. The Kier molecular flexibility index (Phi) is 3.17. The summed E-state index contributed by atoms with van der Waals surface area (Å²) in [5.41, 5.74) is -1.17. The van der Waals surface area contributed by atoms with E-state index in [4.69, 9.17) is 0 Å². The maximum absolute atomic E-state index is 12.8. The Bertz CT molecular complexity index is 835. The number of hydrogen-bond donors (Lipinski definition) is 1. The summed E-state index contributed by atoms with van der Waals surface area (Å²) in [6.07, 6.45) is -0.881. The normalized spacial score (nSPS) is 20.0. The van der Waals surface area contributed by atoms with Gasteiger partial charge < -0.3 is 5.32 Å². The van der Waals surface area contributed by atoms with E-state index < -0.39 is 32.4 Å². The Morgan fingerprint density at radius 1 is 1.18 bits per heavy atom. The minimum Gasteiger partial charge on any atom is -0.324 e. The lowest BCUT2D eigenvalue weighted by Gasteiger charge is -2.13. The lowest BCUT2D eigenvalue weighted by molar-refractivity contribution is -0.137. The van der Waals surface area contributed by atoms with E-state index in [-0.39, 0.29) is 16.2 Å². The first kappa shape index (κ1) is 14.8. The van der Waals surface area contributed by atoms with E-state index in [9.17, 15) is 26.4 Å². The van der Waals surface area contributed by atoms with Crippen molar-refractivity contribution < 1.29 is 26.4 Å². The van der Waals surface area contributed by atoms with Crippen LogP contribution in [0.25, 0.3) is 0 Å². The number of nitrogens with one attached hydrogen (secondary N) is 1. The number of carbonyl (C=O) groups is 1. The van der Waals surface area contributed by atoms with Crippen molar-refractivity contribution in [3.63, 3.8) is 0 Å². The average molecular weight is 329 g/mol. The van der Waals surface area contributed by atoms with Crippen LogP contribution in [0.15, 0.2) is 45.8 Å². The molecule has 0 unspecified atom stereocenters. The molecule has 1 heterocycles. The summed E-state index contributed by atoms with van der Waals surface area (Å²) in [5.74, 6) is -0.715. The average Bonchev–Trinajstić information content (AvgIpc) is 2.53. The van der Waals surface area contributed by atoms with Crippen LogP contribution in [-0.2, 0) is 16.0 Å². The van der Waals surface area contributed by atoms with Crippen LogP contribution >= 0.6 is 0 Å². The summed E-state index contributed by atoms with van der Waals surface area (Å²) in [5, 5.41) is 2.48. The molecule has 1 aliphatic heterocycles. The van der Waals surface area contributed by atoms with E-state index in [1.807, 2.05) is 0 Å². The van der Waals surface area contributed by atoms with Crippen LogP contribution in [0, 0.1) is 0 Å². The third kappa shape index (κ3) is 2.23. The molecule has 1 aliphatic carbocycles. The molecule has 0 atom stereocenters. The highest BCUT2D eigenvalue weighted by molar-refractivity contribution is 7.95. The fourth-order valence-corrected chi connectivity index (χ4v) is 4.17. The van der Waals surface area contributed by atoms with Crippen molar-refractivity contribution in [3.05, 3.63) is 52.1 Å². The van der Waals surface area contributed by atoms with Gasteiger partial charge in [-0.2, -0.15) is 13.2 Å². The highest BCUT2D eigenvalue weighted by atomic mass is 32.2. The van der Waals surface area contributed by atoms with Crippen molar-refractivity contribution in [1.82, 2.24) is 5.32 Å². The number of rotatable bonds is 0. The zero-order valence-corrected chi connectivity index (χ0v) is 11.9. The van der Waals surface area contributed by atoms with Crippen LogP contribution in [0.4, 0.5) is 13.2 Å². The van der Waals surface area contributed by atoms with Gasteiger partial charge in [-0.1, -0.05) is 6.08 Å². The van der Waals surface area contributed by atoms with Gasteiger partial charge in [0.25, 0.3) is 5.91 Å². The molecule has 22 heavy (non-hydrogen) atoms. The SMILES string of the molecule is O=C1NC2=C(C=CCC2)S(=O)(=O)c2cc(C(F)(F)F)ccc21. The Balaban J connectivity index is 2.30. The molecule has 1 amide bonds. The molecule has 116 valence electrons. The quantitative estimate of drug-likeness (QED) is 0.796. The monoisotopic (exact) mass is 329 g/mol. The molecular weight excluding hydrogens is 319 g/mol. The summed E-state index contributed by atoms with van der Waals surface area (Å²) in [7, 11) is -4.19. The van der Waals surface area contributed by atoms with Gasteiger partial charge in [0.15, 0.2) is 0 Å². The number of fused-ring (bicyclic) bond motifs is 1. The first-order chi connectivity index (χ1) is 10.2. The summed E-state index contributed by atoms with van der Waals surface area (Å²) < 4.78 is 63.7. The van der Waals surface area contributed by atoms with Crippen LogP contribution in [0.2, 0.25) is 0 Å². The molecule has 0 aromatic heterocycles. The molecule has 0 fully saturated rings. The molecular formula is C14H10F3NO3S. The van der Waals surface area contributed by atoms with Crippen LogP contribution in [-0.4, -0.2) is 14.3 Å². The third-order valence-corrected chi connectivity index (χ3v) is 5.40. The predicted molar refractivity (Wildman–Crippen MR) is 71.5 cm³/mol. The fourth-order valence-electron chi connectivity index (χ4n) is 2.45. The van der Waals surface area contributed by atoms with Crippen LogP contribution in [0.5, 0.6) is 0 Å². The van der Waals surface area contributed by atoms with Crippen LogP contribution in [0.1, 0.15) is 28.8 Å². The molecule has 0 spiro atoms. The summed E-state index contributed by atoms with van der Waals surface area (Å²) in [6.45, 7) is 0. The largest absolute Gasteiger partial charge is 0.416 e. The molecule has 4 nitrogen and oxygen atoms in total. The van der Waals surface area contributed by atoms with E-state index in [0.717, 1.165) is 6.07 Å². The number of hydrogen-bond acceptors (Lipinski definition) is 3. The Morgan fingerprint density at radius 2 is 1.91 bits per heavy atom. The minimum absolute atomic E-state index is 0.148. The molecule has 0 radical (unpaired) electrons. The van der Waals surface area contributed by atoms with Gasteiger partial charge in [0.2, 0.25) is 9.84 Å². The highest BCUT2D eigenvalue weighted by Gasteiger charge is 2.37. The molecule has 0 saturated heterocycles. The number of benzene rings is 1. The maximum atomic E-state index is 12.8. The minimum atomic E-state index is -4.69. The van der Waals surface area contributed by atoms with Crippen molar-refractivity contribution in [2.45, 2.75) is 23.9 Å². The lowest BCUT2D eigenvalue weighted by atomic mass is 10.1. The van der Waals surface area contributed by atoms with E-state index >= 15 is 0 Å². The van der Waals surface area contributed by atoms with Crippen LogP contribution in [0.3, 0.4) is 0 Å². The summed E-state index contributed by atoms with van der Waals surface area (Å²) >= 11 is 0. The van der Waals surface area contributed by atoms with E-state index in [2.05, 4.69) is 5.32 Å². The topological polar surface area (TPSA) is 63.2 Å². The lowest BCUT2D eigenvalue weighted by Crippen LogP contribution is -2.23. The Labute approximate surface area is 124 Å². The molecule has 0 saturated carbocycles. The standard InChI is InChI=1S/C14H10F3NO3S/c15-14(16,17)8-5-6-9-12(7-8)22(20,21)11-4-2-1-3-10(11)18-13(9)19/h2,4-7H,1,3H2,(H,18,19). The fraction of sp³-hybridized carbons (Fsp3) is 0.214. The second kappa shape index (κ2) is 4.70. The van der Waals surface area contributed by atoms with E-state index in [1.165, 1.54) is 6.08 Å². The van der Waals surface area contributed by atoms with Crippen molar-refractivity contribution in [2.75, 3.05) is 0 Å². The van der Waals surface area contributed by atoms with Gasteiger partial charge in [0, 0.05) is 5.70 Å². The second-order valence-corrected chi connectivity index (χ2v) is 6.84. The van der Waals surface area contributed by atoms with Gasteiger partial charge in [-0.15, -0.1) is 0 Å². The summed E-state index contributed by atoms with van der Waals surface area (Å²) in [6, 6.07) is 2.11.